The average molecular weight is 509 g/mol. The van der Waals surface area contributed by atoms with E-state index in [0.29, 0.717) is 50.0 Å². The summed E-state index contributed by atoms with van der Waals surface area (Å²) < 4.78 is 23.7. The molecule has 1 N–H and O–H groups in total. The van der Waals surface area contributed by atoms with E-state index in [-0.39, 0.29) is 30.3 Å². The van der Waals surface area contributed by atoms with E-state index in [1.807, 2.05) is 13.0 Å². The zero-order valence-electron chi connectivity index (χ0n) is 19.9. The van der Waals surface area contributed by atoms with E-state index < -0.39 is 12.0 Å². The lowest BCUT2D eigenvalue weighted by Crippen LogP contribution is -2.39. The van der Waals surface area contributed by atoms with Crippen molar-refractivity contribution in [2.24, 2.45) is 4.99 Å². The number of phenols is 1. The van der Waals surface area contributed by atoms with Crippen LogP contribution in [0.1, 0.15) is 37.9 Å². The molecule has 2 aliphatic rings. The van der Waals surface area contributed by atoms with Crippen LogP contribution in [0.25, 0.3) is 6.08 Å². The van der Waals surface area contributed by atoms with Crippen LogP contribution in [0, 0.1) is 0 Å². The van der Waals surface area contributed by atoms with Crippen molar-refractivity contribution in [3.8, 4) is 23.0 Å². The Kier molecular flexibility index (Phi) is 6.27. The summed E-state index contributed by atoms with van der Waals surface area (Å²) in [5.41, 5.74) is 1.82. The van der Waals surface area contributed by atoms with Crippen LogP contribution in [0.5, 0.6) is 23.0 Å². The Bertz CT molecular complexity index is 1570. The van der Waals surface area contributed by atoms with Crippen LogP contribution in [-0.4, -0.2) is 35.6 Å². The van der Waals surface area contributed by atoms with Gasteiger partial charge < -0.3 is 24.1 Å². The number of nitrogens with zero attached hydrogens (tertiary/aromatic N) is 2. The highest BCUT2D eigenvalue weighted by Crippen LogP contribution is 2.38. The minimum Gasteiger partial charge on any atom is -0.504 e. The second-order valence-corrected chi connectivity index (χ2v) is 9.08. The molecular weight excluding hydrogens is 484 g/mol. The van der Waals surface area contributed by atoms with Crippen LogP contribution in [0.4, 0.5) is 0 Å². The van der Waals surface area contributed by atoms with Crippen LogP contribution in [0.15, 0.2) is 57.5 Å². The van der Waals surface area contributed by atoms with E-state index >= 15 is 0 Å². The topological polar surface area (TPSA) is 109 Å². The minimum absolute atomic E-state index is 0.0213. The number of aromatic nitrogens is 1. The molecule has 1 atom stereocenters. The van der Waals surface area contributed by atoms with Crippen molar-refractivity contribution in [3.63, 3.8) is 0 Å². The Labute approximate surface area is 210 Å². The standard InChI is InChI=1S/C26H24N2O7S/c1-4-32-19-10-15(6-8-17(19)29)11-21-24(30)28-23(16-7-9-18-20(12-16)35-13-34-18)22(25(31)33-5-2)14(3)27-26(28)36-21/h6-12,23,29H,4-5,13H2,1-3H3/t23-/m0/s1. The third kappa shape index (κ3) is 4.13. The Balaban J connectivity index is 1.69. The molecule has 0 amide bonds. The van der Waals surface area contributed by atoms with Crippen molar-refractivity contribution in [1.82, 2.24) is 4.57 Å². The predicted octanol–water partition coefficient (Wildman–Crippen LogP) is 2.63. The Hall–Kier alpha value is -4.05. The molecule has 0 radical (unpaired) electrons. The monoisotopic (exact) mass is 508 g/mol. The summed E-state index contributed by atoms with van der Waals surface area (Å²) in [4.78, 5) is 31.8. The first-order valence-electron chi connectivity index (χ1n) is 11.5. The maximum Gasteiger partial charge on any atom is 0.338 e. The molecule has 0 saturated heterocycles. The second-order valence-electron chi connectivity index (χ2n) is 8.08. The first-order valence-corrected chi connectivity index (χ1v) is 12.3. The highest BCUT2D eigenvalue weighted by atomic mass is 32.1. The normalized spacial score (nSPS) is 16.5. The van der Waals surface area contributed by atoms with E-state index in [0.717, 1.165) is 0 Å². The van der Waals surface area contributed by atoms with Gasteiger partial charge in [0, 0.05) is 0 Å². The third-order valence-corrected chi connectivity index (χ3v) is 6.79. The molecule has 0 spiro atoms. The predicted molar refractivity (Wildman–Crippen MR) is 132 cm³/mol. The van der Waals surface area contributed by atoms with E-state index in [9.17, 15) is 14.7 Å². The number of aromatic hydroxyl groups is 1. The molecule has 3 heterocycles. The number of thiazole rings is 1. The van der Waals surface area contributed by atoms with Crippen molar-refractivity contribution >= 4 is 23.4 Å². The minimum atomic E-state index is -0.754. The highest BCUT2D eigenvalue weighted by Gasteiger charge is 2.34. The number of carbonyl (C=O) groups is 1. The Morgan fingerprint density at radius 2 is 2.00 bits per heavy atom. The van der Waals surface area contributed by atoms with Crippen molar-refractivity contribution in [1.29, 1.82) is 0 Å². The van der Waals surface area contributed by atoms with Crippen LogP contribution in [0.2, 0.25) is 0 Å². The lowest BCUT2D eigenvalue weighted by Gasteiger charge is -2.24. The third-order valence-electron chi connectivity index (χ3n) is 5.81. The van der Waals surface area contributed by atoms with Gasteiger partial charge in [-0.1, -0.05) is 23.5 Å². The summed E-state index contributed by atoms with van der Waals surface area (Å²) in [6.45, 7) is 5.98. The zero-order chi connectivity index (χ0) is 25.4. The number of ether oxygens (including phenoxy) is 4. The molecule has 0 aliphatic carbocycles. The van der Waals surface area contributed by atoms with E-state index in [4.69, 9.17) is 18.9 Å². The number of phenolic OH excluding ortho intramolecular Hbond substituents is 1. The van der Waals surface area contributed by atoms with Crippen LogP contribution in [-0.2, 0) is 9.53 Å². The quantitative estimate of drug-likeness (QED) is 0.510. The maximum atomic E-state index is 13.7. The summed E-state index contributed by atoms with van der Waals surface area (Å²) in [6, 6.07) is 9.47. The molecule has 0 unspecified atom stereocenters. The van der Waals surface area contributed by atoms with Crippen LogP contribution in [0.3, 0.4) is 0 Å². The van der Waals surface area contributed by atoms with Crippen LogP contribution < -0.4 is 29.1 Å². The van der Waals surface area contributed by atoms with Gasteiger partial charge in [-0.2, -0.15) is 0 Å². The van der Waals surface area contributed by atoms with Gasteiger partial charge in [-0.15, -0.1) is 0 Å². The number of benzene rings is 2. The van der Waals surface area contributed by atoms with Gasteiger partial charge in [-0.25, -0.2) is 9.79 Å². The summed E-state index contributed by atoms with van der Waals surface area (Å²) in [5.74, 6) is 0.961. The molecule has 2 aromatic carbocycles. The number of hydrogen-bond donors (Lipinski definition) is 1. The zero-order valence-corrected chi connectivity index (χ0v) is 20.8. The fourth-order valence-corrected chi connectivity index (χ4v) is 5.28. The Morgan fingerprint density at radius 3 is 2.78 bits per heavy atom. The van der Waals surface area contributed by atoms with Gasteiger partial charge >= 0.3 is 5.97 Å². The molecule has 0 saturated carbocycles. The largest absolute Gasteiger partial charge is 0.504 e. The first-order chi connectivity index (χ1) is 17.4. The smallest absolute Gasteiger partial charge is 0.338 e. The lowest BCUT2D eigenvalue weighted by atomic mass is 9.95. The number of carbonyl (C=O) groups excluding carboxylic acids is 1. The lowest BCUT2D eigenvalue weighted by molar-refractivity contribution is -0.139. The van der Waals surface area contributed by atoms with Gasteiger partial charge in [0.2, 0.25) is 6.79 Å². The molecular formula is C26H24N2O7S. The molecule has 10 heteroatoms. The fraction of sp³-hybridized carbons (Fsp3) is 0.269. The summed E-state index contributed by atoms with van der Waals surface area (Å²) >= 11 is 1.22. The number of allylic oxidation sites excluding steroid dienone is 1. The SMILES string of the molecule is CCOC(=O)C1=C(C)N=c2sc(=Cc3ccc(O)c(OCC)c3)c(=O)n2[C@H]1c1ccc2c(c1)OCO2. The van der Waals surface area contributed by atoms with Crippen molar-refractivity contribution < 1.29 is 28.8 Å². The highest BCUT2D eigenvalue weighted by molar-refractivity contribution is 7.07. The first kappa shape index (κ1) is 23.7. The van der Waals surface area contributed by atoms with E-state index in [1.165, 1.54) is 22.0 Å². The van der Waals surface area contributed by atoms with Crippen molar-refractivity contribution in [2.45, 2.75) is 26.8 Å². The molecule has 2 aliphatic heterocycles. The van der Waals surface area contributed by atoms with Crippen LogP contribution >= 0.6 is 11.3 Å². The molecule has 0 fully saturated rings. The molecule has 36 heavy (non-hydrogen) atoms. The van der Waals surface area contributed by atoms with Gasteiger partial charge in [-0.3, -0.25) is 9.36 Å². The van der Waals surface area contributed by atoms with Crippen molar-refractivity contribution in [3.05, 3.63) is 78.5 Å². The number of rotatable bonds is 6. The van der Waals surface area contributed by atoms with Gasteiger partial charge in [0.25, 0.3) is 5.56 Å². The maximum absolute atomic E-state index is 13.7. The van der Waals surface area contributed by atoms with E-state index in [1.54, 1.807) is 44.2 Å². The molecule has 9 nitrogen and oxygen atoms in total. The van der Waals surface area contributed by atoms with Gasteiger partial charge in [-0.05, 0) is 62.2 Å². The second kappa shape index (κ2) is 9.54. The molecule has 0 bridgehead atoms. The Morgan fingerprint density at radius 1 is 1.19 bits per heavy atom. The van der Waals surface area contributed by atoms with Crippen molar-refractivity contribution in [2.75, 3.05) is 20.0 Å². The number of esters is 1. The van der Waals surface area contributed by atoms with Gasteiger partial charge in [0.15, 0.2) is 27.8 Å². The summed E-state index contributed by atoms with van der Waals surface area (Å²) in [7, 11) is 0. The van der Waals surface area contributed by atoms with Gasteiger partial charge in [0.1, 0.15) is 0 Å². The summed E-state index contributed by atoms with van der Waals surface area (Å²) in [5, 5.41) is 10.0. The average Bonchev–Trinajstić information content (AvgIpc) is 3.44. The van der Waals surface area contributed by atoms with E-state index in [2.05, 4.69) is 4.99 Å². The molecule has 3 aromatic rings. The molecule has 186 valence electrons. The number of hydrogen-bond acceptors (Lipinski definition) is 9. The number of fused-ring (bicyclic) bond motifs is 2. The fourth-order valence-electron chi connectivity index (χ4n) is 4.23. The summed E-state index contributed by atoms with van der Waals surface area (Å²) in [6.07, 6.45) is 1.71. The molecule has 1 aromatic heterocycles. The molecule has 5 rings (SSSR count). The van der Waals surface area contributed by atoms with Gasteiger partial charge in [0.05, 0.1) is 35.1 Å².